The molecule has 1 aliphatic rings. The molecule has 0 aromatic rings. The molecular weight excluding hydrogens is 232 g/mol. The van der Waals surface area contributed by atoms with Crippen molar-refractivity contribution in [3.05, 3.63) is 0 Å². The average molecular weight is 256 g/mol. The van der Waals surface area contributed by atoms with Gasteiger partial charge in [-0.15, -0.1) is 0 Å². The average Bonchev–Trinajstić information content (AvgIpc) is 2.53. The number of carbonyl (C=O) groups excluding carboxylic acids is 2. The number of nitrogens with one attached hydrogen (secondary N) is 1. The number of aliphatic hydroxyl groups is 1. The van der Waals surface area contributed by atoms with Crippen molar-refractivity contribution < 1.29 is 14.7 Å². The topological polar surface area (TPSA) is 92.4 Å². The third-order valence-electron chi connectivity index (χ3n) is 3.56. The fourth-order valence-electron chi connectivity index (χ4n) is 2.14. The van der Waals surface area contributed by atoms with Gasteiger partial charge in [-0.3, -0.25) is 9.59 Å². The Morgan fingerprint density at radius 2 is 2.17 bits per heavy atom. The first-order valence-corrected chi connectivity index (χ1v) is 6.67. The lowest BCUT2D eigenvalue weighted by molar-refractivity contribution is -0.134. The molecule has 0 aliphatic carbocycles. The van der Waals surface area contributed by atoms with Crippen molar-refractivity contribution in [1.82, 2.24) is 5.32 Å². The van der Waals surface area contributed by atoms with E-state index < -0.39 is 12.1 Å². The fourth-order valence-corrected chi connectivity index (χ4v) is 2.14. The number of hydrogen-bond acceptors (Lipinski definition) is 4. The van der Waals surface area contributed by atoms with Gasteiger partial charge in [0, 0.05) is 24.9 Å². The number of Topliss-reactive ketones (excluding diaryl/α,β-unsaturated/α-hetero) is 1. The zero-order valence-corrected chi connectivity index (χ0v) is 11.2. The minimum absolute atomic E-state index is 0.0342. The molecule has 1 saturated heterocycles. The van der Waals surface area contributed by atoms with Crippen molar-refractivity contribution in [1.29, 1.82) is 0 Å². The lowest BCUT2D eigenvalue weighted by atomic mass is 9.90. The second-order valence-corrected chi connectivity index (χ2v) is 5.42. The van der Waals surface area contributed by atoms with Crippen LogP contribution in [0.25, 0.3) is 0 Å². The molecule has 104 valence electrons. The van der Waals surface area contributed by atoms with Gasteiger partial charge in [-0.05, 0) is 18.8 Å². The van der Waals surface area contributed by atoms with E-state index in [0.29, 0.717) is 13.0 Å². The predicted octanol–water partition coefficient (Wildman–Crippen LogP) is 0.206. The van der Waals surface area contributed by atoms with E-state index in [9.17, 15) is 14.7 Å². The van der Waals surface area contributed by atoms with Crippen LogP contribution in [0, 0.1) is 11.8 Å². The van der Waals surface area contributed by atoms with E-state index >= 15 is 0 Å². The molecule has 1 rings (SSSR count). The number of hydrogen-bond donors (Lipinski definition) is 3. The smallest absolute Gasteiger partial charge is 0.223 e. The molecule has 0 spiro atoms. The molecule has 0 aromatic carbocycles. The van der Waals surface area contributed by atoms with Crippen molar-refractivity contribution in [2.45, 2.75) is 51.7 Å². The van der Waals surface area contributed by atoms with E-state index in [-0.39, 0.29) is 29.9 Å². The highest BCUT2D eigenvalue weighted by atomic mass is 16.3. The van der Waals surface area contributed by atoms with E-state index in [4.69, 9.17) is 5.73 Å². The SMILES string of the molecule is CC(C)[C@H](N)[C@@H](O)C(=O)C[C@H]1CCCCNC1=O. The van der Waals surface area contributed by atoms with E-state index in [1.54, 1.807) is 0 Å². The first-order chi connectivity index (χ1) is 8.43. The van der Waals surface area contributed by atoms with Crippen LogP contribution in [0.4, 0.5) is 0 Å². The van der Waals surface area contributed by atoms with Gasteiger partial charge >= 0.3 is 0 Å². The van der Waals surface area contributed by atoms with Gasteiger partial charge in [-0.1, -0.05) is 20.3 Å². The molecule has 1 amide bonds. The van der Waals surface area contributed by atoms with Crippen molar-refractivity contribution in [2.24, 2.45) is 17.6 Å². The highest BCUT2D eigenvalue weighted by Crippen LogP contribution is 2.18. The Morgan fingerprint density at radius 1 is 1.50 bits per heavy atom. The van der Waals surface area contributed by atoms with Crippen LogP contribution in [-0.4, -0.2) is 35.5 Å². The monoisotopic (exact) mass is 256 g/mol. The predicted molar refractivity (Wildman–Crippen MR) is 68.8 cm³/mol. The second kappa shape index (κ2) is 6.85. The van der Waals surface area contributed by atoms with E-state index in [1.807, 2.05) is 13.8 Å². The third kappa shape index (κ3) is 4.07. The molecule has 0 radical (unpaired) electrons. The highest BCUT2D eigenvalue weighted by Gasteiger charge is 2.30. The number of carbonyl (C=O) groups is 2. The maximum absolute atomic E-state index is 11.9. The molecule has 0 unspecified atom stereocenters. The first-order valence-electron chi connectivity index (χ1n) is 6.67. The molecule has 18 heavy (non-hydrogen) atoms. The molecule has 1 aliphatic heterocycles. The van der Waals surface area contributed by atoms with E-state index in [1.165, 1.54) is 0 Å². The molecule has 5 nitrogen and oxygen atoms in total. The molecule has 5 heteroatoms. The summed E-state index contributed by atoms with van der Waals surface area (Å²) in [5, 5.41) is 12.6. The number of aliphatic hydroxyl groups excluding tert-OH is 1. The minimum atomic E-state index is -1.17. The Hall–Kier alpha value is -0.940. The van der Waals surface area contributed by atoms with Crippen molar-refractivity contribution in [3.8, 4) is 0 Å². The maximum atomic E-state index is 11.9. The minimum Gasteiger partial charge on any atom is -0.384 e. The molecule has 1 heterocycles. The van der Waals surface area contributed by atoms with Crippen LogP contribution in [0.2, 0.25) is 0 Å². The molecular formula is C13H24N2O3. The summed E-state index contributed by atoms with van der Waals surface area (Å²) in [7, 11) is 0. The number of nitrogens with two attached hydrogens (primary N) is 1. The summed E-state index contributed by atoms with van der Waals surface area (Å²) in [4.78, 5) is 23.6. The Bertz CT molecular complexity index is 305. The highest BCUT2D eigenvalue weighted by molar-refractivity contribution is 5.89. The van der Waals surface area contributed by atoms with Gasteiger partial charge in [0.25, 0.3) is 0 Å². The maximum Gasteiger partial charge on any atom is 0.223 e. The molecule has 0 aromatic heterocycles. The summed E-state index contributed by atoms with van der Waals surface area (Å²) in [5.74, 6) is -0.676. The summed E-state index contributed by atoms with van der Waals surface area (Å²) < 4.78 is 0. The summed E-state index contributed by atoms with van der Waals surface area (Å²) in [5.41, 5.74) is 5.76. The largest absolute Gasteiger partial charge is 0.384 e. The molecule has 0 saturated carbocycles. The molecule has 0 bridgehead atoms. The van der Waals surface area contributed by atoms with Gasteiger partial charge in [0.05, 0.1) is 0 Å². The zero-order chi connectivity index (χ0) is 13.7. The first kappa shape index (κ1) is 15.1. The summed E-state index contributed by atoms with van der Waals surface area (Å²) >= 11 is 0. The Kier molecular flexibility index (Phi) is 5.75. The van der Waals surface area contributed by atoms with Gasteiger partial charge in [-0.25, -0.2) is 0 Å². The van der Waals surface area contributed by atoms with E-state index in [2.05, 4.69) is 5.32 Å². The number of amides is 1. The second-order valence-electron chi connectivity index (χ2n) is 5.42. The Morgan fingerprint density at radius 3 is 2.78 bits per heavy atom. The lowest BCUT2D eigenvalue weighted by Crippen LogP contribution is -2.45. The van der Waals surface area contributed by atoms with Crippen LogP contribution in [0.15, 0.2) is 0 Å². The van der Waals surface area contributed by atoms with Gasteiger partial charge in [0.1, 0.15) is 6.10 Å². The van der Waals surface area contributed by atoms with Crippen LogP contribution in [0.3, 0.4) is 0 Å². The van der Waals surface area contributed by atoms with Crippen LogP contribution >= 0.6 is 0 Å². The summed E-state index contributed by atoms with van der Waals surface area (Å²) in [6, 6.07) is -0.564. The molecule has 4 N–H and O–H groups in total. The van der Waals surface area contributed by atoms with Crippen LogP contribution < -0.4 is 11.1 Å². The number of rotatable bonds is 5. The summed E-state index contributed by atoms with van der Waals surface area (Å²) in [6.45, 7) is 4.40. The van der Waals surface area contributed by atoms with Crippen LogP contribution in [0.1, 0.15) is 39.5 Å². The quantitative estimate of drug-likeness (QED) is 0.655. The van der Waals surface area contributed by atoms with Gasteiger partial charge < -0.3 is 16.2 Å². The third-order valence-corrected chi connectivity index (χ3v) is 3.56. The Labute approximate surface area is 108 Å². The number of ketones is 1. The molecule has 3 atom stereocenters. The van der Waals surface area contributed by atoms with Crippen LogP contribution in [0.5, 0.6) is 0 Å². The fraction of sp³-hybridized carbons (Fsp3) is 0.846. The standard InChI is InChI=1S/C13H24N2O3/c1-8(2)11(14)12(17)10(16)7-9-5-3-4-6-15-13(9)18/h8-9,11-12,17H,3-7,14H2,1-2H3,(H,15,18)/t9-,11+,12+/m1/s1. The van der Waals surface area contributed by atoms with E-state index in [0.717, 1.165) is 12.8 Å². The zero-order valence-electron chi connectivity index (χ0n) is 11.2. The lowest BCUT2D eigenvalue weighted by Gasteiger charge is -2.22. The van der Waals surface area contributed by atoms with Crippen molar-refractivity contribution in [3.63, 3.8) is 0 Å². The normalized spacial score (nSPS) is 24.3. The van der Waals surface area contributed by atoms with Crippen LogP contribution in [-0.2, 0) is 9.59 Å². The van der Waals surface area contributed by atoms with Crippen molar-refractivity contribution >= 4 is 11.7 Å². The Balaban J connectivity index is 2.54. The van der Waals surface area contributed by atoms with Crippen molar-refractivity contribution in [2.75, 3.05) is 6.54 Å². The molecule has 1 fully saturated rings. The van der Waals surface area contributed by atoms with Gasteiger partial charge in [-0.2, -0.15) is 0 Å². The summed E-state index contributed by atoms with van der Waals surface area (Å²) in [6.07, 6.45) is 1.52. The van der Waals surface area contributed by atoms with Gasteiger partial charge in [0.15, 0.2) is 5.78 Å². The van der Waals surface area contributed by atoms with Gasteiger partial charge in [0.2, 0.25) is 5.91 Å².